The van der Waals surface area contributed by atoms with E-state index in [2.05, 4.69) is 4.98 Å². The molecule has 2 nitrogen and oxygen atoms in total. The third-order valence-corrected chi connectivity index (χ3v) is 5.47. The van der Waals surface area contributed by atoms with Gasteiger partial charge in [-0.05, 0) is 54.1 Å². The molecule has 0 bridgehead atoms. The number of carbonyl (C=O) groups excluding carboxylic acids is 1. The van der Waals surface area contributed by atoms with Crippen molar-refractivity contribution in [2.75, 3.05) is 0 Å². The first-order chi connectivity index (χ1) is 12.5. The summed E-state index contributed by atoms with van der Waals surface area (Å²) in [7, 11) is 0. The predicted octanol–water partition coefficient (Wildman–Crippen LogP) is 6.17. The summed E-state index contributed by atoms with van der Waals surface area (Å²) in [5.41, 5.74) is 1.38. The van der Waals surface area contributed by atoms with E-state index in [1.807, 2.05) is 12.1 Å². The molecule has 0 radical (unpaired) electrons. The molecule has 0 spiro atoms. The molecular formula is C20H14Cl2FNOS. The van der Waals surface area contributed by atoms with Gasteiger partial charge in [-0.2, -0.15) is 0 Å². The number of hydrogen-bond donors (Lipinski definition) is 0. The van der Waals surface area contributed by atoms with Crippen LogP contribution in [0.2, 0.25) is 10.0 Å². The van der Waals surface area contributed by atoms with Gasteiger partial charge in [0.15, 0.2) is 5.78 Å². The van der Waals surface area contributed by atoms with E-state index in [-0.39, 0.29) is 18.0 Å². The van der Waals surface area contributed by atoms with Crippen molar-refractivity contribution in [2.45, 2.75) is 16.6 Å². The molecule has 0 fully saturated rings. The van der Waals surface area contributed by atoms with Gasteiger partial charge in [0.25, 0.3) is 0 Å². The highest BCUT2D eigenvalue weighted by atomic mass is 35.5. The summed E-state index contributed by atoms with van der Waals surface area (Å²) < 4.78 is 13.3. The fourth-order valence-corrected chi connectivity index (χ4v) is 3.70. The Kier molecular flexibility index (Phi) is 6.30. The predicted molar refractivity (Wildman–Crippen MR) is 104 cm³/mol. The average molecular weight is 406 g/mol. The monoisotopic (exact) mass is 405 g/mol. The number of halogens is 3. The van der Waals surface area contributed by atoms with Crippen molar-refractivity contribution in [1.82, 2.24) is 4.98 Å². The lowest BCUT2D eigenvalue weighted by molar-refractivity contribution is -0.118. The molecule has 3 rings (SSSR count). The zero-order valence-corrected chi connectivity index (χ0v) is 15.9. The van der Waals surface area contributed by atoms with Crippen LogP contribution in [-0.2, 0) is 11.2 Å². The highest BCUT2D eigenvalue weighted by Gasteiger charge is 2.22. The molecule has 1 atom stereocenters. The van der Waals surface area contributed by atoms with E-state index in [1.54, 1.807) is 36.4 Å². The molecule has 1 unspecified atom stereocenters. The van der Waals surface area contributed by atoms with Crippen LogP contribution in [-0.4, -0.2) is 10.8 Å². The second-order valence-electron chi connectivity index (χ2n) is 5.61. The molecule has 0 aliphatic rings. The lowest BCUT2D eigenvalue weighted by atomic mass is 10.0. The van der Waals surface area contributed by atoms with Crippen molar-refractivity contribution in [3.05, 3.63) is 94.0 Å². The van der Waals surface area contributed by atoms with Crippen LogP contribution in [0.25, 0.3) is 0 Å². The minimum Gasteiger partial charge on any atom is -0.298 e. The van der Waals surface area contributed by atoms with E-state index in [1.165, 1.54) is 30.1 Å². The van der Waals surface area contributed by atoms with Gasteiger partial charge in [-0.25, -0.2) is 4.39 Å². The summed E-state index contributed by atoms with van der Waals surface area (Å²) in [6.45, 7) is 0. The number of ketones is 1. The number of rotatable bonds is 6. The van der Waals surface area contributed by atoms with Crippen molar-refractivity contribution in [1.29, 1.82) is 0 Å². The van der Waals surface area contributed by atoms with E-state index in [0.717, 1.165) is 10.5 Å². The molecule has 3 aromatic rings. The van der Waals surface area contributed by atoms with Gasteiger partial charge in [-0.1, -0.05) is 35.3 Å². The Hall–Kier alpha value is -1.88. The Morgan fingerprint density at radius 3 is 2.23 bits per heavy atom. The zero-order chi connectivity index (χ0) is 18.5. The van der Waals surface area contributed by atoms with E-state index >= 15 is 0 Å². The molecule has 26 heavy (non-hydrogen) atoms. The first-order valence-corrected chi connectivity index (χ1v) is 9.45. The fraction of sp³-hybridized carbons (Fsp3) is 0.100. The maximum atomic E-state index is 13.3. The number of Topliss-reactive ketones (excluding diaryl/α,β-unsaturated/α-hetero) is 1. The number of aromatic nitrogens is 1. The second kappa shape index (κ2) is 8.67. The van der Waals surface area contributed by atoms with E-state index in [4.69, 9.17) is 23.2 Å². The second-order valence-corrected chi connectivity index (χ2v) is 7.67. The fourth-order valence-electron chi connectivity index (χ4n) is 2.39. The Morgan fingerprint density at radius 2 is 1.62 bits per heavy atom. The number of pyridine rings is 1. The van der Waals surface area contributed by atoms with Crippen molar-refractivity contribution in [2.24, 2.45) is 0 Å². The minimum atomic E-state index is -0.478. The molecule has 0 aliphatic carbocycles. The molecule has 0 N–H and O–H groups in total. The zero-order valence-electron chi connectivity index (χ0n) is 13.5. The van der Waals surface area contributed by atoms with E-state index in [9.17, 15) is 9.18 Å². The Bertz CT molecular complexity index is 883. The summed E-state index contributed by atoms with van der Waals surface area (Å²) in [6.07, 6.45) is 1.68. The first-order valence-electron chi connectivity index (χ1n) is 7.82. The van der Waals surface area contributed by atoms with Crippen LogP contribution in [0.5, 0.6) is 0 Å². The molecule has 132 valence electrons. The van der Waals surface area contributed by atoms with Gasteiger partial charge < -0.3 is 0 Å². The molecule has 1 aromatic heterocycles. The van der Waals surface area contributed by atoms with Crippen molar-refractivity contribution >= 4 is 40.7 Å². The third kappa shape index (κ3) is 5.07. The SMILES string of the molecule is O=C(Cc1ccc(Cl)cn1)C(Sc1ccc(Cl)cc1)c1ccc(F)cc1. The average Bonchev–Trinajstić information content (AvgIpc) is 2.64. The summed E-state index contributed by atoms with van der Waals surface area (Å²) in [4.78, 5) is 18.0. The van der Waals surface area contributed by atoms with Gasteiger partial charge >= 0.3 is 0 Å². The summed E-state index contributed by atoms with van der Waals surface area (Å²) in [5.74, 6) is -0.359. The number of carbonyl (C=O) groups is 1. The lowest BCUT2D eigenvalue weighted by Crippen LogP contribution is -2.13. The quantitative estimate of drug-likeness (QED) is 0.459. The Morgan fingerprint density at radius 1 is 0.962 bits per heavy atom. The van der Waals surface area contributed by atoms with Crippen molar-refractivity contribution < 1.29 is 9.18 Å². The molecular weight excluding hydrogens is 392 g/mol. The van der Waals surface area contributed by atoms with Crippen molar-refractivity contribution in [3.63, 3.8) is 0 Å². The molecule has 2 aromatic carbocycles. The maximum Gasteiger partial charge on any atom is 0.156 e. The smallest absolute Gasteiger partial charge is 0.156 e. The van der Waals surface area contributed by atoms with Crippen LogP contribution in [0.15, 0.2) is 71.8 Å². The maximum absolute atomic E-state index is 13.3. The van der Waals surface area contributed by atoms with Crippen LogP contribution in [0.4, 0.5) is 4.39 Å². The van der Waals surface area contributed by atoms with Crippen LogP contribution in [0.1, 0.15) is 16.5 Å². The normalized spacial score (nSPS) is 12.0. The Balaban J connectivity index is 1.85. The first kappa shape index (κ1) is 18.9. The number of hydrogen-bond acceptors (Lipinski definition) is 3. The van der Waals surface area contributed by atoms with Crippen LogP contribution >= 0.6 is 35.0 Å². The van der Waals surface area contributed by atoms with Crippen LogP contribution < -0.4 is 0 Å². The van der Waals surface area contributed by atoms with Gasteiger partial charge in [-0.3, -0.25) is 9.78 Å². The highest BCUT2D eigenvalue weighted by molar-refractivity contribution is 8.00. The molecule has 0 saturated carbocycles. The lowest BCUT2D eigenvalue weighted by Gasteiger charge is -2.16. The third-order valence-electron chi connectivity index (χ3n) is 3.68. The van der Waals surface area contributed by atoms with Crippen molar-refractivity contribution in [3.8, 4) is 0 Å². The van der Waals surface area contributed by atoms with Gasteiger partial charge in [-0.15, -0.1) is 11.8 Å². The van der Waals surface area contributed by atoms with E-state index in [0.29, 0.717) is 15.7 Å². The highest BCUT2D eigenvalue weighted by Crippen LogP contribution is 2.37. The standard InChI is InChI=1S/C20H14Cl2FNOS/c21-14-4-9-18(10-5-14)26-20(13-1-6-16(23)7-2-13)19(25)11-17-8-3-15(22)12-24-17/h1-10,12,20H,11H2. The molecule has 6 heteroatoms. The van der Waals surface area contributed by atoms with Gasteiger partial charge in [0.1, 0.15) is 5.82 Å². The molecule has 0 amide bonds. The topological polar surface area (TPSA) is 30.0 Å². The summed E-state index contributed by atoms with van der Waals surface area (Å²) >= 11 is 13.2. The number of nitrogens with zero attached hydrogens (tertiary/aromatic N) is 1. The van der Waals surface area contributed by atoms with Gasteiger partial charge in [0.05, 0.1) is 16.7 Å². The Labute approximate surface area is 165 Å². The largest absolute Gasteiger partial charge is 0.298 e. The molecule has 0 saturated heterocycles. The van der Waals surface area contributed by atoms with Gasteiger partial charge in [0.2, 0.25) is 0 Å². The summed E-state index contributed by atoms with van der Waals surface area (Å²) in [5, 5.41) is 0.672. The summed E-state index contributed by atoms with van der Waals surface area (Å²) in [6, 6.07) is 16.7. The van der Waals surface area contributed by atoms with Gasteiger partial charge in [0, 0.05) is 21.8 Å². The minimum absolute atomic E-state index is 0.0219. The molecule has 1 heterocycles. The van der Waals surface area contributed by atoms with Crippen LogP contribution in [0, 0.1) is 5.82 Å². The number of thioether (sulfide) groups is 1. The van der Waals surface area contributed by atoms with Crippen LogP contribution in [0.3, 0.4) is 0 Å². The van der Waals surface area contributed by atoms with E-state index < -0.39 is 5.25 Å². The molecule has 0 aliphatic heterocycles. The number of benzene rings is 2.